The van der Waals surface area contributed by atoms with E-state index >= 15 is 0 Å². The third-order valence-electron chi connectivity index (χ3n) is 4.30. The maximum Gasteiger partial charge on any atom is 0.223 e. The summed E-state index contributed by atoms with van der Waals surface area (Å²) in [5.74, 6) is 0.243. The number of nitrogens with zero attached hydrogens (tertiary/aromatic N) is 2. The average Bonchev–Trinajstić information content (AvgIpc) is 2.61. The molecule has 1 aliphatic heterocycles. The van der Waals surface area contributed by atoms with Gasteiger partial charge in [-0.2, -0.15) is 0 Å². The van der Waals surface area contributed by atoms with Gasteiger partial charge in [-0.05, 0) is 24.1 Å². The molecule has 1 heterocycles. The number of hydrogen-bond donors (Lipinski definition) is 0. The summed E-state index contributed by atoms with van der Waals surface area (Å²) in [5, 5.41) is 0.774. The quantitative estimate of drug-likeness (QED) is 0.855. The molecule has 120 valence electrons. The van der Waals surface area contributed by atoms with Gasteiger partial charge in [0.05, 0.1) is 10.7 Å². The maximum atomic E-state index is 12.4. The van der Waals surface area contributed by atoms with Crippen molar-refractivity contribution in [2.75, 3.05) is 31.1 Å². The predicted molar refractivity (Wildman–Crippen MR) is 95.0 cm³/mol. The predicted octanol–water partition coefficient (Wildman–Crippen LogP) is 3.62. The summed E-state index contributed by atoms with van der Waals surface area (Å²) < 4.78 is 0. The van der Waals surface area contributed by atoms with Crippen LogP contribution in [0.3, 0.4) is 0 Å². The summed E-state index contributed by atoms with van der Waals surface area (Å²) in [6, 6.07) is 18.1. The minimum atomic E-state index is 0.243. The second-order valence-electron chi connectivity index (χ2n) is 5.80. The van der Waals surface area contributed by atoms with E-state index in [9.17, 15) is 4.79 Å². The van der Waals surface area contributed by atoms with Crippen molar-refractivity contribution in [1.29, 1.82) is 0 Å². The molecule has 23 heavy (non-hydrogen) atoms. The van der Waals surface area contributed by atoms with Crippen LogP contribution < -0.4 is 4.90 Å². The molecule has 1 fully saturated rings. The Bertz CT molecular complexity index is 651. The Morgan fingerprint density at radius 2 is 1.57 bits per heavy atom. The molecule has 0 atom stereocenters. The zero-order valence-corrected chi connectivity index (χ0v) is 13.9. The Morgan fingerprint density at radius 1 is 0.913 bits per heavy atom. The molecule has 2 aromatic rings. The third-order valence-corrected chi connectivity index (χ3v) is 4.62. The molecular formula is C19H21ClN2O. The van der Waals surface area contributed by atoms with Crippen molar-refractivity contribution in [1.82, 2.24) is 4.90 Å². The third kappa shape index (κ3) is 4.05. The second-order valence-corrected chi connectivity index (χ2v) is 6.21. The van der Waals surface area contributed by atoms with Gasteiger partial charge in [0.2, 0.25) is 5.91 Å². The number of halogens is 1. The summed E-state index contributed by atoms with van der Waals surface area (Å²) in [6.07, 6.45) is 1.39. The number of hydrogen-bond acceptors (Lipinski definition) is 2. The van der Waals surface area contributed by atoms with E-state index in [-0.39, 0.29) is 5.91 Å². The van der Waals surface area contributed by atoms with Crippen molar-refractivity contribution in [3.05, 3.63) is 65.2 Å². The summed E-state index contributed by atoms with van der Waals surface area (Å²) >= 11 is 6.25. The Labute approximate surface area is 142 Å². The van der Waals surface area contributed by atoms with Crippen molar-refractivity contribution in [3.8, 4) is 0 Å². The van der Waals surface area contributed by atoms with Gasteiger partial charge in [-0.15, -0.1) is 0 Å². The molecule has 1 amide bonds. The van der Waals surface area contributed by atoms with Crippen LogP contribution in [-0.2, 0) is 11.2 Å². The van der Waals surface area contributed by atoms with E-state index in [2.05, 4.69) is 17.0 Å². The number of aryl methyl sites for hydroxylation is 1. The zero-order chi connectivity index (χ0) is 16.1. The van der Waals surface area contributed by atoms with Gasteiger partial charge >= 0.3 is 0 Å². The highest BCUT2D eigenvalue weighted by Crippen LogP contribution is 2.26. The molecule has 0 aromatic heterocycles. The summed E-state index contributed by atoms with van der Waals surface area (Å²) in [4.78, 5) is 16.6. The van der Waals surface area contributed by atoms with Crippen molar-refractivity contribution in [3.63, 3.8) is 0 Å². The topological polar surface area (TPSA) is 23.6 Å². The second kappa shape index (κ2) is 7.51. The molecule has 0 N–H and O–H groups in total. The van der Waals surface area contributed by atoms with E-state index in [0.717, 1.165) is 43.3 Å². The van der Waals surface area contributed by atoms with E-state index in [4.69, 9.17) is 11.6 Å². The lowest BCUT2D eigenvalue weighted by Crippen LogP contribution is -2.48. The van der Waals surface area contributed by atoms with E-state index in [1.807, 2.05) is 47.4 Å². The number of para-hydroxylation sites is 1. The molecule has 0 saturated carbocycles. The van der Waals surface area contributed by atoms with E-state index in [1.54, 1.807) is 0 Å². The molecule has 0 unspecified atom stereocenters. The number of amides is 1. The Kier molecular flexibility index (Phi) is 5.19. The number of benzene rings is 2. The van der Waals surface area contributed by atoms with Crippen molar-refractivity contribution in [2.45, 2.75) is 12.8 Å². The highest BCUT2D eigenvalue weighted by atomic mass is 35.5. The van der Waals surface area contributed by atoms with Gasteiger partial charge in [-0.25, -0.2) is 0 Å². The van der Waals surface area contributed by atoms with Crippen molar-refractivity contribution in [2.24, 2.45) is 0 Å². The summed E-state index contributed by atoms with van der Waals surface area (Å²) in [7, 11) is 0. The molecule has 0 bridgehead atoms. The monoisotopic (exact) mass is 328 g/mol. The van der Waals surface area contributed by atoms with Crippen LogP contribution in [0.5, 0.6) is 0 Å². The van der Waals surface area contributed by atoms with Crippen LogP contribution in [0.2, 0.25) is 5.02 Å². The van der Waals surface area contributed by atoms with Gasteiger partial charge in [-0.3, -0.25) is 4.79 Å². The first-order valence-electron chi connectivity index (χ1n) is 8.05. The molecule has 2 aromatic carbocycles. The molecule has 1 saturated heterocycles. The fraction of sp³-hybridized carbons (Fsp3) is 0.316. The minimum absolute atomic E-state index is 0.243. The molecule has 1 aliphatic rings. The standard InChI is InChI=1S/C19H21ClN2O/c20-17-8-4-5-9-18(17)21-12-14-22(15-13-21)19(23)11-10-16-6-2-1-3-7-16/h1-9H,10-15H2. The van der Waals surface area contributed by atoms with Gasteiger partial charge in [0.15, 0.2) is 0 Å². The van der Waals surface area contributed by atoms with E-state index in [1.165, 1.54) is 5.56 Å². The fourth-order valence-corrected chi connectivity index (χ4v) is 3.21. The Balaban J connectivity index is 1.50. The number of carbonyl (C=O) groups excluding carboxylic acids is 1. The first-order valence-corrected chi connectivity index (χ1v) is 8.43. The molecule has 3 nitrogen and oxygen atoms in total. The van der Waals surface area contributed by atoms with Crippen LogP contribution >= 0.6 is 11.6 Å². The maximum absolute atomic E-state index is 12.4. The van der Waals surface area contributed by atoms with Gasteiger partial charge in [0.25, 0.3) is 0 Å². The molecule has 0 aliphatic carbocycles. The molecule has 0 radical (unpaired) electrons. The molecular weight excluding hydrogens is 308 g/mol. The SMILES string of the molecule is O=C(CCc1ccccc1)N1CCN(c2ccccc2Cl)CC1. The number of rotatable bonds is 4. The first-order chi connectivity index (χ1) is 11.2. The van der Waals surface area contributed by atoms with Crippen molar-refractivity contribution < 1.29 is 4.79 Å². The van der Waals surface area contributed by atoms with Crippen LogP contribution in [0.15, 0.2) is 54.6 Å². The summed E-state index contributed by atoms with van der Waals surface area (Å²) in [6.45, 7) is 3.19. The number of carbonyl (C=O) groups is 1. The van der Waals surface area contributed by atoms with Crippen LogP contribution in [-0.4, -0.2) is 37.0 Å². The fourth-order valence-electron chi connectivity index (χ4n) is 2.96. The average molecular weight is 329 g/mol. The molecule has 0 spiro atoms. The first kappa shape index (κ1) is 15.9. The van der Waals surface area contributed by atoms with E-state index < -0.39 is 0 Å². The minimum Gasteiger partial charge on any atom is -0.367 e. The lowest BCUT2D eigenvalue weighted by atomic mass is 10.1. The normalized spacial score (nSPS) is 14.8. The van der Waals surface area contributed by atoms with Crippen LogP contribution in [0, 0.1) is 0 Å². The zero-order valence-electron chi connectivity index (χ0n) is 13.1. The largest absolute Gasteiger partial charge is 0.367 e. The highest BCUT2D eigenvalue weighted by molar-refractivity contribution is 6.33. The Morgan fingerprint density at radius 3 is 2.26 bits per heavy atom. The van der Waals surface area contributed by atoms with Crippen LogP contribution in [0.4, 0.5) is 5.69 Å². The lowest BCUT2D eigenvalue weighted by molar-refractivity contribution is -0.131. The van der Waals surface area contributed by atoms with Crippen LogP contribution in [0.1, 0.15) is 12.0 Å². The van der Waals surface area contributed by atoms with Gasteiger partial charge in [0.1, 0.15) is 0 Å². The molecule has 3 rings (SSSR count). The highest BCUT2D eigenvalue weighted by Gasteiger charge is 2.21. The van der Waals surface area contributed by atoms with Crippen molar-refractivity contribution >= 4 is 23.2 Å². The van der Waals surface area contributed by atoms with Gasteiger partial charge < -0.3 is 9.80 Å². The summed E-state index contributed by atoms with van der Waals surface area (Å²) in [5.41, 5.74) is 2.28. The van der Waals surface area contributed by atoms with Crippen LogP contribution in [0.25, 0.3) is 0 Å². The van der Waals surface area contributed by atoms with E-state index in [0.29, 0.717) is 6.42 Å². The molecule has 4 heteroatoms. The Hall–Kier alpha value is -2.00. The van der Waals surface area contributed by atoms with Gasteiger partial charge in [-0.1, -0.05) is 54.1 Å². The van der Waals surface area contributed by atoms with Gasteiger partial charge in [0, 0.05) is 32.6 Å². The number of anilines is 1. The lowest BCUT2D eigenvalue weighted by Gasteiger charge is -2.36. The smallest absolute Gasteiger partial charge is 0.223 e. The number of piperazine rings is 1.